The number of carbonyl (C=O) groups is 2. The van der Waals surface area contributed by atoms with Gasteiger partial charge < -0.3 is 13.7 Å². The Labute approximate surface area is 199 Å². The molecule has 168 valence electrons. The van der Waals surface area contributed by atoms with Crippen molar-refractivity contribution >= 4 is 46.4 Å². The van der Waals surface area contributed by atoms with Crippen molar-refractivity contribution in [1.29, 1.82) is 0 Å². The van der Waals surface area contributed by atoms with Gasteiger partial charge in [-0.05, 0) is 35.9 Å². The van der Waals surface area contributed by atoms with Crippen LogP contribution in [0, 0.1) is 0 Å². The molecular formula is C24H20ClN3O4S. The summed E-state index contributed by atoms with van der Waals surface area (Å²) in [4.78, 5) is 31.4. The Kier molecular flexibility index (Phi) is 6.11. The molecule has 0 spiro atoms. The van der Waals surface area contributed by atoms with Crippen molar-refractivity contribution in [3.05, 3.63) is 83.3 Å². The molecule has 1 fully saturated rings. The predicted molar refractivity (Wildman–Crippen MR) is 125 cm³/mol. The number of aromatic nitrogens is 2. The van der Waals surface area contributed by atoms with Gasteiger partial charge >= 0.3 is 6.09 Å². The van der Waals surface area contributed by atoms with E-state index in [0.29, 0.717) is 28.9 Å². The number of cyclic esters (lactones) is 1. The van der Waals surface area contributed by atoms with Gasteiger partial charge in [0, 0.05) is 11.4 Å². The number of furan rings is 1. The lowest BCUT2D eigenvalue weighted by molar-refractivity contribution is -0.127. The first-order valence-electron chi connectivity index (χ1n) is 10.5. The highest BCUT2D eigenvalue weighted by atomic mass is 35.5. The molecule has 9 heteroatoms. The summed E-state index contributed by atoms with van der Waals surface area (Å²) in [5.74, 6) is 0.331. The van der Waals surface area contributed by atoms with Gasteiger partial charge in [0.2, 0.25) is 5.91 Å². The first-order chi connectivity index (χ1) is 16.1. The van der Waals surface area contributed by atoms with Crippen LogP contribution in [-0.4, -0.2) is 44.9 Å². The predicted octanol–water partition coefficient (Wildman–Crippen LogP) is 5.01. The van der Waals surface area contributed by atoms with Crippen molar-refractivity contribution in [2.75, 3.05) is 13.2 Å². The molecule has 5 rings (SSSR count). The van der Waals surface area contributed by atoms with Gasteiger partial charge in [-0.2, -0.15) is 0 Å². The maximum absolute atomic E-state index is 13.3. The van der Waals surface area contributed by atoms with Gasteiger partial charge in [-0.3, -0.25) is 4.79 Å². The lowest BCUT2D eigenvalue weighted by atomic mass is 10.2. The quantitative estimate of drug-likeness (QED) is 0.345. The second-order valence-electron chi connectivity index (χ2n) is 7.59. The molecule has 1 aliphatic rings. The Morgan fingerprint density at radius 1 is 1.15 bits per heavy atom. The monoisotopic (exact) mass is 481 g/mol. The molecule has 0 bridgehead atoms. The minimum absolute atomic E-state index is 0.202. The summed E-state index contributed by atoms with van der Waals surface area (Å²) in [7, 11) is 0. The van der Waals surface area contributed by atoms with Crippen molar-refractivity contribution in [1.82, 2.24) is 14.5 Å². The van der Waals surface area contributed by atoms with Crippen LogP contribution in [-0.2, 0) is 22.5 Å². The van der Waals surface area contributed by atoms with E-state index >= 15 is 0 Å². The van der Waals surface area contributed by atoms with Crippen LogP contribution in [0.3, 0.4) is 0 Å². The SMILES string of the molecule is O=C1OCCN1C(=O)C(Cc1ccco1)Sc1nc2cc(Cl)ccc2n1Cc1ccccc1. The summed E-state index contributed by atoms with van der Waals surface area (Å²) in [6, 6.07) is 19.2. The van der Waals surface area contributed by atoms with Crippen molar-refractivity contribution in [3.8, 4) is 0 Å². The minimum atomic E-state index is -0.622. The molecule has 2 aromatic carbocycles. The van der Waals surface area contributed by atoms with E-state index < -0.39 is 11.3 Å². The molecule has 2 aromatic heterocycles. The van der Waals surface area contributed by atoms with Crippen LogP contribution < -0.4 is 0 Å². The van der Waals surface area contributed by atoms with E-state index in [1.807, 2.05) is 54.6 Å². The molecule has 7 nitrogen and oxygen atoms in total. The average Bonchev–Trinajstić information content (AvgIpc) is 3.55. The Hall–Kier alpha value is -3.23. The summed E-state index contributed by atoms with van der Waals surface area (Å²) < 4.78 is 12.5. The van der Waals surface area contributed by atoms with Crippen LogP contribution in [0.25, 0.3) is 11.0 Å². The first-order valence-corrected chi connectivity index (χ1v) is 11.7. The maximum atomic E-state index is 13.3. The molecule has 3 heterocycles. The van der Waals surface area contributed by atoms with Crippen LogP contribution in [0.2, 0.25) is 5.02 Å². The van der Waals surface area contributed by atoms with E-state index in [1.165, 1.54) is 11.8 Å². The lowest BCUT2D eigenvalue weighted by Gasteiger charge is -2.19. The average molecular weight is 482 g/mol. The molecule has 1 unspecified atom stereocenters. The fourth-order valence-corrected chi connectivity index (χ4v) is 5.11. The number of fused-ring (bicyclic) bond motifs is 1. The van der Waals surface area contributed by atoms with Gasteiger partial charge in [0.15, 0.2) is 5.16 Å². The number of nitrogens with zero attached hydrogens (tertiary/aromatic N) is 3. The number of rotatable bonds is 7. The summed E-state index contributed by atoms with van der Waals surface area (Å²) in [5.41, 5.74) is 2.76. The third kappa shape index (κ3) is 4.62. The molecule has 4 aromatic rings. The highest BCUT2D eigenvalue weighted by Crippen LogP contribution is 2.32. The van der Waals surface area contributed by atoms with E-state index in [0.717, 1.165) is 21.5 Å². The highest BCUT2D eigenvalue weighted by Gasteiger charge is 2.35. The molecule has 0 radical (unpaired) electrons. The van der Waals surface area contributed by atoms with Gasteiger partial charge in [-0.15, -0.1) is 0 Å². The standard InChI is InChI=1S/C24H20ClN3O4S/c25-17-8-9-20-19(13-17)26-23(28(20)15-16-5-2-1-3-6-16)33-21(14-18-7-4-11-31-18)22(29)27-10-12-32-24(27)30/h1-9,11,13,21H,10,12,14-15H2. The fraction of sp³-hybridized carbons (Fsp3) is 0.208. The zero-order valence-corrected chi connectivity index (χ0v) is 19.1. The van der Waals surface area contributed by atoms with Crippen LogP contribution in [0.4, 0.5) is 4.79 Å². The molecule has 1 saturated heterocycles. The second kappa shape index (κ2) is 9.33. The fourth-order valence-electron chi connectivity index (χ4n) is 3.78. The number of ether oxygens (including phenoxy) is 1. The number of halogens is 1. The number of hydrogen-bond donors (Lipinski definition) is 0. The van der Waals surface area contributed by atoms with E-state index in [-0.39, 0.29) is 19.1 Å². The van der Waals surface area contributed by atoms with E-state index in [9.17, 15) is 9.59 Å². The number of imide groups is 1. The van der Waals surface area contributed by atoms with E-state index in [1.54, 1.807) is 12.3 Å². The van der Waals surface area contributed by atoms with Crippen molar-refractivity contribution in [2.45, 2.75) is 23.4 Å². The Morgan fingerprint density at radius 3 is 2.73 bits per heavy atom. The van der Waals surface area contributed by atoms with Crippen LogP contribution in [0.15, 0.2) is 76.5 Å². The first kappa shape index (κ1) is 21.6. The van der Waals surface area contributed by atoms with Gasteiger partial charge in [0.05, 0.1) is 35.6 Å². The van der Waals surface area contributed by atoms with E-state index in [2.05, 4.69) is 4.57 Å². The number of carbonyl (C=O) groups excluding carboxylic acids is 2. The van der Waals surface area contributed by atoms with Crippen molar-refractivity contribution in [3.63, 3.8) is 0 Å². The molecular weight excluding hydrogens is 462 g/mol. The zero-order chi connectivity index (χ0) is 22.8. The van der Waals surface area contributed by atoms with Gasteiger partial charge in [0.25, 0.3) is 0 Å². The zero-order valence-electron chi connectivity index (χ0n) is 17.5. The van der Waals surface area contributed by atoms with Crippen molar-refractivity contribution < 1.29 is 18.7 Å². The summed E-state index contributed by atoms with van der Waals surface area (Å²) in [6.07, 6.45) is 1.27. The molecule has 0 aliphatic carbocycles. The van der Waals surface area contributed by atoms with Crippen LogP contribution >= 0.6 is 23.4 Å². The smallest absolute Gasteiger partial charge is 0.416 e. The Bertz CT molecular complexity index is 1290. The Balaban J connectivity index is 1.53. The third-order valence-corrected chi connectivity index (χ3v) is 6.79. The lowest BCUT2D eigenvalue weighted by Crippen LogP contribution is -2.39. The summed E-state index contributed by atoms with van der Waals surface area (Å²) in [6.45, 7) is 1.02. The molecule has 0 saturated carbocycles. The number of benzene rings is 2. The normalized spacial score (nSPS) is 14.6. The van der Waals surface area contributed by atoms with Gasteiger partial charge in [0.1, 0.15) is 12.4 Å². The highest BCUT2D eigenvalue weighted by molar-refractivity contribution is 8.00. The second-order valence-corrected chi connectivity index (χ2v) is 9.20. The third-order valence-electron chi connectivity index (χ3n) is 5.38. The van der Waals surface area contributed by atoms with Crippen molar-refractivity contribution in [2.24, 2.45) is 0 Å². The number of amides is 2. The number of thioether (sulfide) groups is 1. The van der Waals surface area contributed by atoms with E-state index in [4.69, 9.17) is 25.7 Å². The molecule has 33 heavy (non-hydrogen) atoms. The molecule has 1 atom stereocenters. The molecule has 1 aliphatic heterocycles. The van der Waals surface area contributed by atoms with Gasteiger partial charge in [-0.1, -0.05) is 53.7 Å². The molecule has 2 amide bonds. The minimum Gasteiger partial charge on any atom is -0.469 e. The summed E-state index contributed by atoms with van der Waals surface area (Å²) >= 11 is 7.52. The van der Waals surface area contributed by atoms with Gasteiger partial charge in [-0.25, -0.2) is 14.7 Å². The Morgan fingerprint density at radius 2 is 2.00 bits per heavy atom. The maximum Gasteiger partial charge on any atom is 0.416 e. The summed E-state index contributed by atoms with van der Waals surface area (Å²) in [5, 5.41) is 0.628. The largest absolute Gasteiger partial charge is 0.469 e. The number of imidazole rings is 1. The topological polar surface area (TPSA) is 77.6 Å². The number of hydrogen-bond acceptors (Lipinski definition) is 6. The van der Waals surface area contributed by atoms with Crippen LogP contribution in [0.5, 0.6) is 0 Å². The molecule has 0 N–H and O–H groups in total. The van der Waals surface area contributed by atoms with Crippen LogP contribution in [0.1, 0.15) is 11.3 Å².